The lowest BCUT2D eigenvalue weighted by Gasteiger charge is -2.21. The van der Waals surface area contributed by atoms with Gasteiger partial charge >= 0.3 is 5.97 Å². The van der Waals surface area contributed by atoms with Gasteiger partial charge in [0.2, 0.25) is 0 Å². The van der Waals surface area contributed by atoms with E-state index in [1.807, 2.05) is 0 Å². The van der Waals surface area contributed by atoms with E-state index >= 15 is 0 Å². The molecule has 1 aliphatic heterocycles. The number of nitrogens with zero attached hydrogens (tertiary/aromatic N) is 1. The number of carbonyl (C=O) groups is 1. The molecule has 2 heterocycles. The van der Waals surface area contributed by atoms with E-state index in [0.717, 1.165) is 11.3 Å². The Labute approximate surface area is 109 Å². The summed E-state index contributed by atoms with van der Waals surface area (Å²) >= 11 is 0.736. The maximum absolute atomic E-state index is 12.3. The van der Waals surface area contributed by atoms with Crippen molar-refractivity contribution in [1.29, 1.82) is 0 Å². The van der Waals surface area contributed by atoms with Crippen LogP contribution in [-0.4, -0.2) is 48.1 Å². The van der Waals surface area contributed by atoms with Crippen molar-refractivity contribution in [1.82, 2.24) is 4.31 Å². The van der Waals surface area contributed by atoms with Gasteiger partial charge in [0, 0.05) is 12.6 Å². The molecule has 0 saturated carbocycles. The second-order valence-electron chi connectivity index (χ2n) is 4.02. The molecule has 2 N–H and O–H groups in total. The zero-order valence-electron chi connectivity index (χ0n) is 9.44. The van der Waals surface area contributed by atoms with Crippen molar-refractivity contribution in [2.45, 2.75) is 23.1 Å². The molecular weight excluding hydrogens is 278 g/mol. The molecule has 8 heteroatoms. The summed E-state index contributed by atoms with van der Waals surface area (Å²) in [6, 6.07) is 2.19. The quantitative estimate of drug-likeness (QED) is 0.846. The highest BCUT2D eigenvalue weighted by atomic mass is 32.2. The maximum atomic E-state index is 12.3. The van der Waals surface area contributed by atoms with Crippen LogP contribution in [0.4, 0.5) is 0 Å². The summed E-state index contributed by atoms with van der Waals surface area (Å²) < 4.78 is 25.8. The molecule has 1 aliphatic rings. The second-order valence-corrected chi connectivity index (χ2v) is 7.22. The van der Waals surface area contributed by atoms with E-state index in [1.54, 1.807) is 0 Å². The summed E-state index contributed by atoms with van der Waals surface area (Å²) in [4.78, 5) is 10.7. The van der Waals surface area contributed by atoms with Crippen LogP contribution in [0.3, 0.4) is 0 Å². The van der Waals surface area contributed by atoms with Crippen molar-refractivity contribution in [3.8, 4) is 0 Å². The van der Waals surface area contributed by atoms with Crippen molar-refractivity contribution in [2.75, 3.05) is 13.2 Å². The smallest absolute Gasteiger partial charge is 0.345 e. The van der Waals surface area contributed by atoms with E-state index in [4.69, 9.17) is 10.2 Å². The van der Waals surface area contributed by atoms with Crippen LogP contribution in [0.5, 0.6) is 0 Å². The molecule has 2 rings (SSSR count). The molecule has 0 bridgehead atoms. The minimum absolute atomic E-state index is 0.00618. The van der Waals surface area contributed by atoms with Gasteiger partial charge < -0.3 is 10.2 Å². The highest BCUT2D eigenvalue weighted by Crippen LogP contribution is 2.30. The largest absolute Gasteiger partial charge is 0.477 e. The van der Waals surface area contributed by atoms with Gasteiger partial charge in [0.1, 0.15) is 9.09 Å². The van der Waals surface area contributed by atoms with Crippen LogP contribution in [0, 0.1) is 0 Å². The first kappa shape index (κ1) is 13.5. The van der Waals surface area contributed by atoms with Gasteiger partial charge in [-0.25, -0.2) is 13.2 Å². The monoisotopic (exact) mass is 291 g/mol. The van der Waals surface area contributed by atoms with E-state index in [0.29, 0.717) is 19.4 Å². The van der Waals surface area contributed by atoms with E-state index < -0.39 is 22.0 Å². The Kier molecular flexibility index (Phi) is 3.71. The van der Waals surface area contributed by atoms with Crippen LogP contribution in [0.1, 0.15) is 22.5 Å². The Morgan fingerprint density at radius 1 is 1.50 bits per heavy atom. The molecule has 1 aromatic heterocycles. The van der Waals surface area contributed by atoms with Crippen LogP contribution in [0.25, 0.3) is 0 Å². The Bertz CT molecular complexity index is 550. The number of aliphatic hydroxyl groups excluding tert-OH is 1. The zero-order chi connectivity index (χ0) is 13.3. The molecule has 1 saturated heterocycles. The number of aliphatic hydroxyl groups is 1. The lowest BCUT2D eigenvalue weighted by molar-refractivity contribution is 0.0702. The van der Waals surface area contributed by atoms with Crippen molar-refractivity contribution in [3.63, 3.8) is 0 Å². The van der Waals surface area contributed by atoms with Gasteiger partial charge in [-0.1, -0.05) is 0 Å². The van der Waals surface area contributed by atoms with Crippen molar-refractivity contribution in [2.24, 2.45) is 0 Å². The van der Waals surface area contributed by atoms with Crippen LogP contribution < -0.4 is 0 Å². The first-order valence-electron chi connectivity index (χ1n) is 5.42. The average molecular weight is 291 g/mol. The highest BCUT2D eigenvalue weighted by Gasteiger charge is 2.35. The predicted octanol–water partition coefficient (Wildman–Crippen LogP) is 0.592. The van der Waals surface area contributed by atoms with Crippen LogP contribution in [-0.2, 0) is 10.0 Å². The molecule has 6 nitrogen and oxygen atoms in total. The van der Waals surface area contributed by atoms with E-state index in [2.05, 4.69) is 0 Å². The summed E-state index contributed by atoms with van der Waals surface area (Å²) in [6.07, 6.45) is 1.34. The number of sulfonamides is 1. The summed E-state index contributed by atoms with van der Waals surface area (Å²) in [5.74, 6) is -1.14. The molecular formula is C10H13NO5S2. The fraction of sp³-hybridized carbons (Fsp3) is 0.500. The van der Waals surface area contributed by atoms with Crippen molar-refractivity contribution >= 4 is 27.3 Å². The Hall–Kier alpha value is -0.960. The predicted molar refractivity (Wildman–Crippen MR) is 65.3 cm³/mol. The minimum atomic E-state index is -3.68. The molecule has 18 heavy (non-hydrogen) atoms. The van der Waals surface area contributed by atoms with Gasteiger partial charge in [-0.3, -0.25) is 0 Å². The third kappa shape index (κ3) is 2.28. The number of rotatable bonds is 4. The summed E-state index contributed by atoms with van der Waals surface area (Å²) in [6.45, 7) is 0.157. The van der Waals surface area contributed by atoms with Gasteiger partial charge in [-0.05, 0) is 25.0 Å². The molecule has 0 aromatic carbocycles. The van der Waals surface area contributed by atoms with Gasteiger partial charge in [-0.15, -0.1) is 11.3 Å². The third-order valence-electron chi connectivity index (χ3n) is 2.89. The van der Waals surface area contributed by atoms with Crippen LogP contribution >= 0.6 is 11.3 Å². The molecule has 0 radical (unpaired) electrons. The van der Waals surface area contributed by atoms with Gasteiger partial charge in [0.05, 0.1) is 6.61 Å². The molecule has 0 spiro atoms. The van der Waals surface area contributed by atoms with Gasteiger partial charge in [0.15, 0.2) is 0 Å². The Morgan fingerprint density at radius 3 is 2.78 bits per heavy atom. The highest BCUT2D eigenvalue weighted by molar-refractivity contribution is 7.91. The SMILES string of the molecule is O=C(O)c1ccc(S(=O)(=O)N2CCC[C@@H]2CO)s1. The standard InChI is InChI=1S/C10H13NO5S2/c12-6-7-2-1-5-11(7)18(15,16)9-4-3-8(17-9)10(13)14/h3-4,7,12H,1-2,5-6H2,(H,13,14)/t7-/m1/s1. The number of carboxylic acids is 1. The lowest BCUT2D eigenvalue weighted by atomic mass is 10.2. The number of thiophene rings is 1. The molecule has 1 fully saturated rings. The maximum Gasteiger partial charge on any atom is 0.345 e. The van der Waals surface area contributed by atoms with Gasteiger partial charge in [-0.2, -0.15) is 4.31 Å². The molecule has 0 aliphatic carbocycles. The minimum Gasteiger partial charge on any atom is -0.477 e. The van der Waals surface area contributed by atoms with E-state index in [-0.39, 0.29) is 15.7 Å². The lowest BCUT2D eigenvalue weighted by Crippen LogP contribution is -2.37. The Morgan fingerprint density at radius 2 is 2.22 bits per heavy atom. The number of aromatic carboxylic acids is 1. The number of hydrogen-bond acceptors (Lipinski definition) is 5. The normalized spacial score (nSPS) is 21.3. The summed E-state index contributed by atoms with van der Waals surface area (Å²) in [5.41, 5.74) is 0. The first-order valence-corrected chi connectivity index (χ1v) is 7.68. The summed E-state index contributed by atoms with van der Waals surface area (Å²) in [5, 5.41) is 17.9. The van der Waals surface area contributed by atoms with Crippen LogP contribution in [0.15, 0.2) is 16.3 Å². The number of carboxylic acid groups (broad SMARTS) is 1. The van der Waals surface area contributed by atoms with Crippen molar-refractivity contribution < 1.29 is 23.4 Å². The fourth-order valence-electron chi connectivity index (χ4n) is 2.00. The zero-order valence-corrected chi connectivity index (χ0v) is 11.1. The average Bonchev–Trinajstić information content (AvgIpc) is 2.98. The summed E-state index contributed by atoms with van der Waals surface area (Å²) in [7, 11) is -3.68. The van der Waals surface area contributed by atoms with Crippen molar-refractivity contribution in [3.05, 3.63) is 17.0 Å². The molecule has 0 unspecified atom stereocenters. The van der Waals surface area contributed by atoms with E-state index in [9.17, 15) is 13.2 Å². The third-order valence-corrected chi connectivity index (χ3v) is 6.38. The van der Waals surface area contributed by atoms with Gasteiger partial charge in [0.25, 0.3) is 10.0 Å². The first-order chi connectivity index (χ1) is 8.46. The number of hydrogen-bond donors (Lipinski definition) is 2. The van der Waals surface area contributed by atoms with E-state index in [1.165, 1.54) is 16.4 Å². The fourth-order valence-corrected chi connectivity index (χ4v) is 4.96. The molecule has 1 aromatic rings. The second kappa shape index (κ2) is 4.96. The van der Waals surface area contributed by atoms with Crippen LogP contribution in [0.2, 0.25) is 0 Å². The Balaban J connectivity index is 2.32. The molecule has 100 valence electrons. The molecule has 0 amide bonds. The topological polar surface area (TPSA) is 94.9 Å². The molecule has 1 atom stereocenters.